The van der Waals surface area contributed by atoms with Crippen molar-refractivity contribution in [2.24, 2.45) is 0 Å². The second-order valence-corrected chi connectivity index (χ2v) is 13.8. The van der Waals surface area contributed by atoms with Gasteiger partial charge < -0.3 is 35.1 Å². The number of phenols is 1. The Balaban J connectivity index is 0.928. The fourth-order valence-corrected chi connectivity index (χ4v) is 7.37. The molecular weight excluding hydrogens is 709 g/mol. The minimum atomic E-state index is -0.578. The summed E-state index contributed by atoms with van der Waals surface area (Å²) in [5, 5.41) is 22.1. The first-order valence-electron chi connectivity index (χ1n) is 16.9. The molecular formula is C38H39ClFN5O6S. The van der Waals surface area contributed by atoms with Crippen LogP contribution in [0, 0.1) is 5.82 Å². The first-order chi connectivity index (χ1) is 25.2. The number of benzene rings is 3. The van der Waals surface area contributed by atoms with E-state index in [0.29, 0.717) is 90.1 Å². The maximum Gasteiger partial charge on any atom is 0.411 e. The number of pyridine rings is 1. The van der Waals surface area contributed by atoms with Gasteiger partial charge in [-0.15, -0.1) is 11.3 Å². The van der Waals surface area contributed by atoms with E-state index in [1.807, 2.05) is 6.07 Å². The molecule has 1 saturated heterocycles. The van der Waals surface area contributed by atoms with Gasteiger partial charge in [-0.3, -0.25) is 14.9 Å². The van der Waals surface area contributed by atoms with Crippen LogP contribution >= 0.6 is 22.9 Å². The number of fused-ring (bicyclic) bond motifs is 1. The number of piperidine rings is 1. The number of thiophene rings is 1. The molecule has 2 aromatic heterocycles. The third-order valence-corrected chi connectivity index (χ3v) is 10.2. The zero-order valence-corrected chi connectivity index (χ0v) is 30.0. The third kappa shape index (κ3) is 9.09. The molecule has 0 spiro atoms. The molecule has 0 radical (unpaired) electrons. The number of aromatic amines is 1. The fourth-order valence-electron chi connectivity index (χ4n) is 6.25. The molecule has 1 aliphatic rings. The number of anilines is 2. The van der Waals surface area contributed by atoms with E-state index < -0.39 is 6.09 Å². The number of aromatic nitrogens is 1. The number of nitrogens with zero attached hydrogens (tertiary/aromatic N) is 1. The number of likely N-dealkylation sites (tertiary alicyclic amines) is 1. The lowest BCUT2D eigenvalue weighted by atomic mass is 10.0. The Morgan fingerprint density at radius 1 is 1.04 bits per heavy atom. The van der Waals surface area contributed by atoms with Crippen molar-refractivity contribution in [3.63, 3.8) is 0 Å². The van der Waals surface area contributed by atoms with Gasteiger partial charge in [0.2, 0.25) is 11.5 Å². The number of ether oxygens (including phenoxy) is 2. The molecule has 272 valence electrons. The first kappa shape index (κ1) is 36.8. The van der Waals surface area contributed by atoms with Gasteiger partial charge in [0.25, 0.3) is 0 Å². The quantitative estimate of drug-likeness (QED) is 0.0800. The molecule has 3 heterocycles. The molecule has 3 aromatic carbocycles. The van der Waals surface area contributed by atoms with E-state index in [-0.39, 0.29) is 35.6 Å². The molecule has 6 rings (SSSR count). The number of H-pyrrole nitrogens is 1. The van der Waals surface area contributed by atoms with E-state index in [0.717, 1.165) is 16.5 Å². The molecule has 0 saturated carbocycles. The summed E-state index contributed by atoms with van der Waals surface area (Å²) in [6.07, 6.45) is 1.32. The highest BCUT2D eigenvalue weighted by molar-refractivity contribution is 7.14. The van der Waals surface area contributed by atoms with Crippen molar-refractivity contribution in [3.8, 4) is 21.9 Å². The van der Waals surface area contributed by atoms with Crippen LogP contribution in [0.25, 0.3) is 21.3 Å². The smallest absolute Gasteiger partial charge is 0.411 e. The van der Waals surface area contributed by atoms with Crippen molar-refractivity contribution in [2.75, 3.05) is 43.9 Å². The Kier molecular flexibility index (Phi) is 12.1. The van der Waals surface area contributed by atoms with E-state index in [4.69, 9.17) is 21.1 Å². The number of methoxy groups -OCH3 is 1. The maximum absolute atomic E-state index is 14.3. The van der Waals surface area contributed by atoms with Crippen molar-refractivity contribution >= 4 is 57.2 Å². The van der Waals surface area contributed by atoms with E-state index >= 15 is 0 Å². The molecule has 5 aromatic rings. The van der Waals surface area contributed by atoms with Crippen molar-refractivity contribution in [1.82, 2.24) is 15.2 Å². The number of hydrogen-bond acceptors (Lipinski definition) is 9. The van der Waals surface area contributed by atoms with Crippen LogP contribution in [-0.2, 0) is 22.5 Å². The van der Waals surface area contributed by atoms with Crippen LogP contribution < -0.4 is 26.2 Å². The van der Waals surface area contributed by atoms with Crippen LogP contribution in [-0.4, -0.2) is 66.4 Å². The highest BCUT2D eigenvalue weighted by Crippen LogP contribution is 2.36. The van der Waals surface area contributed by atoms with Crippen molar-refractivity contribution in [3.05, 3.63) is 104 Å². The molecule has 0 aliphatic carbocycles. The number of hydrogen-bond donors (Lipinski definition) is 5. The van der Waals surface area contributed by atoms with Crippen LogP contribution in [0.3, 0.4) is 0 Å². The largest absolute Gasteiger partial charge is 0.506 e. The Morgan fingerprint density at radius 2 is 1.85 bits per heavy atom. The zero-order valence-electron chi connectivity index (χ0n) is 28.5. The average molecular weight is 748 g/mol. The molecule has 11 nitrogen and oxygen atoms in total. The van der Waals surface area contributed by atoms with Gasteiger partial charge in [0.15, 0.2) is 0 Å². The van der Waals surface area contributed by atoms with Gasteiger partial charge in [-0.2, -0.15) is 0 Å². The lowest BCUT2D eigenvalue weighted by Gasteiger charge is -2.31. The van der Waals surface area contributed by atoms with Gasteiger partial charge in [0.1, 0.15) is 23.4 Å². The zero-order chi connectivity index (χ0) is 36.6. The van der Waals surface area contributed by atoms with Gasteiger partial charge in [-0.05, 0) is 67.1 Å². The molecule has 0 atom stereocenters. The van der Waals surface area contributed by atoms with Crippen molar-refractivity contribution < 1.29 is 28.6 Å². The number of carbonyl (C=O) groups excluding carboxylic acids is 2. The molecule has 14 heteroatoms. The summed E-state index contributed by atoms with van der Waals surface area (Å²) in [5.41, 5.74) is 3.33. The van der Waals surface area contributed by atoms with Gasteiger partial charge in [-0.25, -0.2) is 9.18 Å². The summed E-state index contributed by atoms with van der Waals surface area (Å²) in [6.45, 7) is 2.95. The van der Waals surface area contributed by atoms with Gasteiger partial charge in [0, 0.05) is 61.2 Å². The van der Waals surface area contributed by atoms with Crippen molar-refractivity contribution in [2.45, 2.75) is 38.3 Å². The van der Waals surface area contributed by atoms with E-state index in [9.17, 15) is 23.9 Å². The van der Waals surface area contributed by atoms with Crippen LogP contribution in [0.15, 0.2) is 76.9 Å². The number of halogens is 2. The number of carbonyl (C=O) groups is 2. The molecule has 1 fully saturated rings. The number of rotatable bonds is 13. The summed E-state index contributed by atoms with van der Waals surface area (Å²) in [5.74, 6) is 0.0618. The number of amides is 2. The summed E-state index contributed by atoms with van der Waals surface area (Å²) < 4.78 is 25.6. The SMILES string of the molecule is COc1cc(NC(=O)CCN2CCC(OC(=O)Nc3ccsc3-c3ccccc3F)CC2)c(Cl)cc1CNCCc1ccc(O)c2[nH]c(=O)ccc12. The molecule has 5 N–H and O–H groups in total. The predicted octanol–water partition coefficient (Wildman–Crippen LogP) is 7.14. The minimum Gasteiger partial charge on any atom is -0.506 e. The summed E-state index contributed by atoms with van der Waals surface area (Å²) >= 11 is 7.92. The Labute approximate surface area is 308 Å². The topological polar surface area (TPSA) is 145 Å². The van der Waals surface area contributed by atoms with Crippen LogP contribution in [0.5, 0.6) is 11.5 Å². The van der Waals surface area contributed by atoms with E-state index in [2.05, 4.69) is 25.8 Å². The molecule has 2 amide bonds. The monoisotopic (exact) mass is 747 g/mol. The van der Waals surface area contributed by atoms with Gasteiger partial charge in [0.05, 0.1) is 33.9 Å². The molecule has 1 aliphatic heterocycles. The van der Waals surface area contributed by atoms with Crippen LogP contribution in [0.2, 0.25) is 5.02 Å². The number of nitrogens with one attached hydrogen (secondary N) is 4. The average Bonchev–Trinajstić information content (AvgIpc) is 3.59. The summed E-state index contributed by atoms with van der Waals surface area (Å²) in [4.78, 5) is 42.7. The summed E-state index contributed by atoms with van der Waals surface area (Å²) in [7, 11) is 1.56. The molecule has 52 heavy (non-hydrogen) atoms. The Bertz CT molecular complexity index is 2120. The third-order valence-electron chi connectivity index (χ3n) is 8.98. The predicted molar refractivity (Wildman–Crippen MR) is 202 cm³/mol. The van der Waals surface area contributed by atoms with E-state index in [1.54, 1.807) is 61.0 Å². The standard InChI is InChI=1S/C38H39ClFN5O6S/c1-50-33-21-31(28(39)20-24(33)22-41-15-10-23-6-8-32(46)36-26(23)7-9-34(47)44-36)42-35(48)13-18-45-16-11-25(12-17-45)51-38(49)43-30-14-19-52-37(30)27-4-2-3-5-29(27)40/h2-9,14,19-21,25,41,46H,10-13,15-18,22H2,1H3,(H,42,48)(H,43,49)(H,44,47). The number of phenolic OH excluding ortho intramolecular Hbond substituents is 1. The normalized spacial score (nSPS) is 13.6. The second-order valence-electron chi connectivity index (χ2n) is 12.4. The van der Waals surface area contributed by atoms with Crippen LogP contribution in [0.4, 0.5) is 20.6 Å². The highest BCUT2D eigenvalue weighted by Gasteiger charge is 2.24. The number of aromatic hydroxyl groups is 1. The fraction of sp³-hybridized carbons (Fsp3) is 0.289. The molecule has 0 bridgehead atoms. The second kappa shape index (κ2) is 17.0. The van der Waals surface area contributed by atoms with Crippen LogP contribution in [0.1, 0.15) is 30.4 Å². The lowest BCUT2D eigenvalue weighted by molar-refractivity contribution is -0.116. The highest BCUT2D eigenvalue weighted by atomic mass is 35.5. The summed E-state index contributed by atoms with van der Waals surface area (Å²) in [6, 6.07) is 18.2. The van der Waals surface area contributed by atoms with Gasteiger partial charge in [-0.1, -0.05) is 35.9 Å². The molecule has 0 unspecified atom stereocenters. The van der Waals surface area contributed by atoms with Crippen molar-refractivity contribution in [1.29, 1.82) is 0 Å². The van der Waals surface area contributed by atoms with E-state index in [1.165, 1.54) is 23.5 Å². The first-order valence-corrected chi connectivity index (χ1v) is 18.2. The Hall–Kier alpha value is -4.95. The minimum absolute atomic E-state index is 0.0268. The van der Waals surface area contributed by atoms with Gasteiger partial charge >= 0.3 is 6.09 Å². The maximum atomic E-state index is 14.3. The Morgan fingerprint density at radius 3 is 2.63 bits per heavy atom. The lowest BCUT2D eigenvalue weighted by Crippen LogP contribution is -2.39.